The molecule has 1 unspecified atom stereocenters. The Morgan fingerprint density at radius 2 is 2.20 bits per heavy atom. The lowest BCUT2D eigenvalue weighted by Gasteiger charge is -2.33. The fraction of sp³-hybridized carbons (Fsp3) is 0.353. The molecule has 1 aromatic carbocycles. The number of nitrogens with one attached hydrogen (secondary N) is 1. The van der Waals surface area contributed by atoms with Crippen LogP contribution in [0.25, 0.3) is 0 Å². The first-order chi connectivity index (χ1) is 12.0. The Morgan fingerprint density at radius 3 is 2.92 bits per heavy atom. The molecule has 0 bridgehead atoms. The molecule has 0 spiro atoms. The van der Waals surface area contributed by atoms with Gasteiger partial charge in [-0.25, -0.2) is 0 Å². The number of nitrogens with two attached hydrogens (primary N) is 1. The summed E-state index contributed by atoms with van der Waals surface area (Å²) in [7, 11) is 0. The first kappa shape index (κ1) is 17.0. The minimum absolute atomic E-state index is 0.116. The van der Waals surface area contributed by atoms with Crippen LogP contribution in [0.2, 0.25) is 0 Å². The number of nitrogens with zero attached hydrogens (tertiary/aromatic N) is 3. The molecule has 0 aliphatic carbocycles. The largest absolute Gasteiger partial charge is 0.477 e. The number of hydrogen-bond acceptors (Lipinski definition) is 5. The van der Waals surface area contributed by atoms with E-state index in [1.165, 1.54) is 0 Å². The second-order valence-electron chi connectivity index (χ2n) is 5.94. The summed E-state index contributed by atoms with van der Waals surface area (Å²) in [6.45, 7) is 3.53. The molecule has 2 amide bonds. The van der Waals surface area contributed by atoms with Crippen LogP contribution in [0.15, 0.2) is 36.7 Å². The van der Waals surface area contributed by atoms with Crippen LogP contribution in [0.5, 0.6) is 5.75 Å². The van der Waals surface area contributed by atoms with Gasteiger partial charge in [-0.2, -0.15) is 5.10 Å². The van der Waals surface area contributed by atoms with Crippen molar-refractivity contribution >= 4 is 17.5 Å². The Bertz CT molecular complexity index is 773. The van der Waals surface area contributed by atoms with E-state index in [2.05, 4.69) is 10.4 Å². The summed E-state index contributed by atoms with van der Waals surface area (Å²) >= 11 is 0. The number of rotatable bonds is 6. The maximum absolute atomic E-state index is 12.6. The van der Waals surface area contributed by atoms with Gasteiger partial charge in [0.2, 0.25) is 5.91 Å². The smallest absolute Gasteiger partial charge is 0.260 e. The zero-order valence-electron chi connectivity index (χ0n) is 14.0. The fourth-order valence-corrected chi connectivity index (χ4v) is 2.69. The van der Waals surface area contributed by atoms with Gasteiger partial charge in [0.1, 0.15) is 5.75 Å². The molecule has 0 radical (unpaired) electrons. The maximum Gasteiger partial charge on any atom is 0.260 e. The van der Waals surface area contributed by atoms with Gasteiger partial charge in [0.25, 0.3) is 5.91 Å². The molecule has 8 heteroatoms. The summed E-state index contributed by atoms with van der Waals surface area (Å²) in [5, 5.41) is 7.30. The minimum atomic E-state index is -0.842. The SMILES string of the molecule is Cc1cnn(CCNCC(=O)N2CC(C(N)=O)Oc3ccccc32)c1. The molecule has 1 aliphatic heterocycles. The van der Waals surface area contributed by atoms with Crippen LogP contribution < -0.4 is 20.7 Å². The molecule has 132 valence electrons. The van der Waals surface area contributed by atoms with Gasteiger partial charge in [0, 0.05) is 12.7 Å². The van der Waals surface area contributed by atoms with Gasteiger partial charge in [0.05, 0.1) is 31.5 Å². The highest BCUT2D eigenvalue weighted by atomic mass is 16.5. The third kappa shape index (κ3) is 3.97. The number of carbonyl (C=O) groups is 2. The van der Waals surface area contributed by atoms with Crippen molar-refractivity contribution in [2.24, 2.45) is 5.73 Å². The van der Waals surface area contributed by atoms with E-state index in [1.807, 2.05) is 23.9 Å². The molecule has 2 aromatic rings. The second-order valence-corrected chi connectivity index (χ2v) is 5.94. The van der Waals surface area contributed by atoms with Gasteiger partial charge in [-0.1, -0.05) is 12.1 Å². The molecule has 1 aliphatic rings. The monoisotopic (exact) mass is 343 g/mol. The van der Waals surface area contributed by atoms with Gasteiger partial charge in [0.15, 0.2) is 6.10 Å². The molecular formula is C17H21N5O3. The van der Waals surface area contributed by atoms with E-state index in [1.54, 1.807) is 29.3 Å². The number of aromatic nitrogens is 2. The molecule has 0 saturated heterocycles. The molecule has 1 aromatic heterocycles. The number of ether oxygens (including phenoxy) is 1. The average molecular weight is 343 g/mol. The number of primary amides is 1. The highest BCUT2D eigenvalue weighted by Gasteiger charge is 2.32. The molecular weight excluding hydrogens is 322 g/mol. The number of para-hydroxylation sites is 2. The third-order valence-electron chi connectivity index (χ3n) is 3.95. The van der Waals surface area contributed by atoms with Crippen molar-refractivity contribution in [1.29, 1.82) is 0 Å². The Balaban J connectivity index is 1.59. The topological polar surface area (TPSA) is 102 Å². The molecule has 8 nitrogen and oxygen atoms in total. The number of benzene rings is 1. The summed E-state index contributed by atoms with van der Waals surface area (Å²) in [6.07, 6.45) is 2.89. The Morgan fingerprint density at radius 1 is 1.40 bits per heavy atom. The van der Waals surface area contributed by atoms with E-state index < -0.39 is 12.0 Å². The van der Waals surface area contributed by atoms with Gasteiger partial charge < -0.3 is 20.7 Å². The van der Waals surface area contributed by atoms with E-state index in [9.17, 15) is 9.59 Å². The highest BCUT2D eigenvalue weighted by Crippen LogP contribution is 2.32. The van der Waals surface area contributed by atoms with Crippen molar-refractivity contribution in [2.75, 3.05) is 24.5 Å². The Hall–Kier alpha value is -2.87. The van der Waals surface area contributed by atoms with Gasteiger partial charge in [-0.3, -0.25) is 14.3 Å². The average Bonchev–Trinajstić information content (AvgIpc) is 3.02. The highest BCUT2D eigenvalue weighted by molar-refractivity contribution is 5.98. The predicted octanol–water partition coefficient (Wildman–Crippen LogP) is 0.0606. The van der Waals surface area contributed by atoms with E-state index in [-0.39, 0.29) is 19.0 Å². The van der Waals surface area contributed by atoms with Crippen LogP contribution >= 0.6 is 0 Å². The van der Waals surface area contributed by atoms with Crippen molar-refractivity contribution in [2.45, 2.75) is 19.6 Å². The zero-order valence-corrected chi connectivity index (χ0v) is 14.0. The number of carbonyl (C=O) groups excluding carboxylic acids is 2. The normalized spacial score (nSPS) is 16.2. The van der Waals surface area contributed by atoms with Crippen molar-refractivity contribution in [3.05, 3.63) is 42.2 Å². The molecule has 3 rings (SSSR count). The van der Waals surface area contributed by atoms with Crippen LogP contribution in [0.1, 0.15) is 5.56 Å². The molecule has 25 heavy (non-hydrogen) atoms. The molecule has 0 saturated carbocycles. The standard InChI is InChI=1S/C17H21N5O3/c1-12-8-20-21(10-12)7-6-19-9-16(23)22-11-15(17(18)24)25-14-5-3-2-4-13(14)22/h2-5,8,10,15,19H,6-7,9,11H2,1H3,(H2,18,24). The lowest BCUT2D eigenvalue weighted by Crippen LogP contribution is -2.51. The van der Waals surface area contributed by atoms with Crippen LogP contribution in [-0.4, -0.2) is 47.3 Å². The summed E-state index contributed by atoms with van der Waals surface area (Å²) in [4.78, 5) is 25.6. The molecule has 0 fully saturated rings. The van der Waals surface area contributed by atoms with Crippen molar-refractivity contribution in [3.8, 4) is 5.75 Å². The van der Waals surface area contributed by atoms with E-state index in [0.717, 1.165) is 5.56 Å². The molecule has 2 heterocycles. The minimum Gasteiger partial charge on any atom is -0.477 e. The predicted molar refractivity (Wildman–Crippen MR) is 92.2 cm³/mol. The van der Waals surface area contributed by atoms with E-state index >= 15 is 0 Å². The van der Waals surface area contributed by atoms with Crippen molar-refractivity contribution in [3.63, 3.8) is 0 Å². The summed E-state index contributed by atoms with van der Waals surface area (Å²) in [5.41, 5.74) is 7.09. The zero-order chi connectivity index (χ0) is 17.8. The maximum atomic E-state index is 12.6. The lowest BCUT2D eigenvalue weighted by atomic mass is 10.1. The van der Waals surface area contributed by atoms with E-state index in [0.29, 0.717) is 24.5 Å². The van der Waals surface area contributed by atoms with Crippen LogP contribution in [0.3, 0.4) is 0 Å². The third-order valence-corrected chi connectivity index (χ3v) is 3.95. The van der Waals surface area contributed by atoms with Gasteiger partial charge in [-0.05, 0) is 24.6 Å². The first-order valence-corrected chi connectivity index (χ1v) is 8.10. The quantitative estimate of drug-likeness (QED) is 0.722. The van der Waals surface area contributed by atoms with Crippen LogP contribution in [0, 0.1) is 6.92 Å². The van der Waals surface area contributed by atoms with Crippen molar-refractivity contribution in [1.82, 2.24) is 15.1 Å². The number of amides is 2. The number of aryl methyl sites for hydroxylation is 1. The lowest BCUT2D eigenvalue weighted by molar-refractivity contribution is -0.125. The Labute approximate surface area is 145 Å². The summed E-state index contributed by atoms with van der Waals surface area (Å²) in [6, 6.07) is 7.12. The van der Waals surface area contributed by atoms with Crippen LogP contribution in [0.4, 0.5) is 5.69 Å². The summed E-state index contributed by atoms with van der Waals surface area (Å²) in [5.74, 6) is -0.245. The van der Waals surface area contributed by atoms with Gasteiger partial charge >= 0.3 is 0 Å². The number of anilines is 1. The van der Waals surface area contributed by atoms with Crippen LogP contribution in [-0.2, 0) is 16.1 Å². The van der Waals surface area contributed by atoms with Crippen molar-refractivity contribution < 1.29 is 14.3 Å². The fourth-order valence-electron chi connectivity index (χ4n) is 2.69. The summed E-state index contributed by atoms with van der Waals surface area (Å²) < 4.78 is 7.38. The molecule has 3 N–H and O–H groups in total. The Kier molecular flexibility index (Phi) is 4.99. The van der Waals surface area contributed by atoms with E-state index in [4.69, 9.17) is 10.5 Å². The number of fused-ring (bicyclic) bond motifs is 1. The second kappa shape index (κ2) is 7.35. The van der Waals surface area contributed by atoms with Gasteiger partial charge in [-0.15, -0.1) is 0 Å². The number of hydrogen-bond donors (Lipinski definition) is 2. The first-order valence-electron chi connectivity index (χ1n) is 8.10. The molecule has 1 atom stereocenters.